The van der Waals surface area contributed by atoms with Crippen LogP contribution in [0.2, 0.25) is 0 Å². The molecule has 0 saturated carbocycles. The molecule has 0 aliphatic carbocycles. The molecule has 0 bridgehead atoms. The number of hydrogen-bond donors (Lipinski definition) is 1. The lowest BCUT2D eigenvalue weighted by molar-refractivity contribution is 0.133. The molecule has 1 N–H and O–H groups in total. The lowest BCUT2D eigenvalue weighted by Gasteiger charge is -2.04. The van der Waals surface area contributed by atoms with Crippen molar-refractivity contribution in [2.24, 2.45) is 0 Å². The molecule has 0 aromatic heterocycles. The van der Waals surface area contributed by atoms with E-state index >= 15 is 0 Å². The average Bonchev–Trinajstić information content (AvgIpc) is 2.21. The first-order valence-electron chi connectivity index (χ1n) is 5.63. The average molecular weight is 197 g/mol. The Morgan fingerprint density at radius 3 is 2.71 bits per heavy atom. The lowest BCUT2D eigenvalue weighted by Crippen LogP contribution is -2.21. The number of terminal acetylenes is 1. The molecule has 2 nitrogen and oxygen atoms in total. The minimum atomic E-state index is 0.829. The predicted octanol–water partition coefficient (Wildman–Crippen LogP) is 2.20. The smallest absolute Gasteiger partial charge is 0.0590 e. The fraction of sp³-hybridized carbons (Fsp3) is 0.833. The van der Waals surface area contributed by atoms with Crippen LogP contribution in [0.5, 0.6) is 0 Å². The van der Waals surface area contributed by atoms with Crippen LogP contribution in [0.15, 0.2) is 0 Å². The molecule has 0 radical (unpaired) electrons. The molecule has 0 aromatic carbocycles. The highest BCUT2D eigenvalue weighted by molar-refractivity contribution is 4.82. The zero-order chi connectivity index (χ0) is 10.5. The van der Waals surface area contributed by atoms with E-state index in [-0.39, 0.29) is 0 Å². The highest BCUT2D eigenvalue weighted by Crippen LogP contribution is 1.91. The molecule has 0 atom stereocenters. The van der Waals surface area contributed by atoms with Crippen molar-refractivity contribution in [2.45, 2.75) is 39.0 Å². The Bertz CT molecular complexity index is 140. The van der Waals surface area contributed by atoms with Crippen LogP contribution in [0.3, 0.4) is 0 Å². The van der Waals surface area contributed by atoms with Gasteiger partial charge in [-0.3, -0.25) is 0 Å². The summed E-state index contributed by atoms with van der Waals surface area (Å²) in [6, 6.07) is 0. The highest BCUT2D eigenvalue weighted by atomic mass is 16.5. The molecule has 0 heterocycles. The van der Waals surface area contributed by atoms with Gasteiger partial charge in [0.2, 0.25) is 0 Å². The fourth-order valence-electron chi connectivity index (χ4n) is 1.09. The third kappa shape index (κ3) is 11.5. The summed E-state index contributed by atoms with van der Waals surface area (Å²) in [4.78, 5) is 0. The molecule has 0 spiro atoms. The number of hydrogen-bond acceptors (Lipinski definition) is 2. The summed E-state index contributed by atoms with van der Waals surface area (Å²) in [5, 5.41) is 3.33. The highest BCUT2D eigenvalue weighted by Gasteiger charge is 1.89. The van der Waals surface area contributed by atoms with Gasteiger partial charge in [0.05, 0.1) is 6.61 Å². The minimum absolute atomic E-state index is 0.829. The third-order valence-electron chi connectivity index (χ3n) is 1.99. The van der Waals surface area contributed by atoms with Crippen LogP contribution in [0.25, 0.3) is 0 Å². The van der Waals surface area contributed by atoms with Gasteiger partial charge >= 0.3 is 0 Å². The number of ether oxygens (including phenoxy) is 1. The van der Waals surface area contributed by atoms with Crippen molar-refractivity contribution in [3.63, 3.8) is 0 Å². The zero-order valence-electron chi connectivity index (χ0n) is 9.35. The van der Waals surface area contributed by atoms with Gasteiger partial charge in [0.15, 0.2) is 0 Å². The monoisotopic (exact) mass is 197 g/mol. The van der Waals surface area contributed by atoms with E-state index in [2.05, 4.69) is 18.2 Å². The second-order valence-electron chi connectivity index (χ2n) is 3.38. The summed E-state index contributed by atoms with van der Waals surface area (Å²) in [5.41, 5.74) is 0. The van der Waals surface area contributed by atoms with Crippen LogP contribution >= 0.6 is 0 Å². The molecule has 0 fully saturated rings. The van der Waals surface area contributed by atoms with E-state index < -0.39 is 0 Å². The topological polar surface area (TPSA) is 21.3 Å². The van der Waals surface area contributed by atoms with E-state index in [4.69, 9.17) is 11.2 Å². The minimum Gasteiger partial charge on any atom is -0.380 e. The van der Waals surface area contributed by atoms with Crippen molar-refractivity contribution < 1.29 is 4.74 Å². The van der Waals surface area contributed by atoms with Gasteiger partial charge in [0.1, 0.15) is 0 Å². The molecule has 14 heavy (non-hydrogen) atoms. The third-order valence-corrected chi connectivity index (χ3v) is 1.99. The summed E-state index contributed by atoms with van der Waals surface area (Å²) in [6.45, 7) is 5.91. The standard InChI is InChI=1S/C12H23NO/c1-3-5-7-8-9-13-10-12-14-11-6-4-2/h1,13H,4-12H2,2H3. The molecule has 0 rings (SSSR count). The first-order valence-corrected chi connectivity index (χ1v) is 5.63. The zero-order valence-corrected chi connectivity index (χ0v) is 9.35. The van der Waals surface area contributed by atoms with Crippen molar-refractivity contribution in [1.82, 2.24) is 5.32 Å². The molecule has 0 aliphatic rings. The second kappa shape index (κ2) is 12.5. The Labute approximate surface area is 88.4 Å². The van der Waals surface area contributed by atoms with E-state index in [1.165, 1.54) is 19.3 Å². The molecule has 0 unspecified atom stereocenters. The van der Waals surface area contributed by atoms with Crippen molar-refractivity contribution >= 4 is 0 Å². The van der Waals surface area contributed by atoms with E-state index in [0.29, 0.717) is 0 Å². The number of rotatable bonds is 10. The van der Waals surface area contributed by atoms with Crippen LogP contribution in [0.1, 0.15) is 39.0 Å². The van der Waals surface area contributed by atoms with Gasteiger partial charge in [-0.05, 0) is 25.8 Å². The summed E-state index contributed by atoms with van der Waals surface area (Å²) in [6.07, 6.45) is 10.7. The largest absolute Gasteiger partial charge is 0.380 e. The Kier molecular flexibility index (Phi) is 12.0. The fourth-order valence-corrected chi connectivity index (χ4v) is 1.09. The van der Waals surface area contributed by atoms with Crippen LogP contribution < -0.4 is 5.32 Å². The first-order chi connectivity index (χ1) is 6.91. The molecule has 2 heteroatoms. The SMILES string of the molecule is C#CCCCCNCCOCCCC. The van der Waals surface area contributed by atoms with Gasteiger partial charge in [0, 0.05) is 19.6 Å². The van der Waals surface area contributed by atoms with Gasteiger partial charge < -0.3 is 10.1 Å². The first kappa shape index (κ1) is 13.5. The quantitative estimate of drug-likeness (QED) is 0.428. The van der Waals surface area contributed by atoms with Crippen LogP contribution in [-0.4, -0.2) is 26.3 Å². The van der Waals surface area contributed by atoms with Gasteiger partial charge in [-0.2, -0.15) is 0 Å². The summed E-state index contributed by atoms with van der Waals surface area (Å²) >= 11 is 0. The van der Waals surface area contributed by atoms with E-state index in [9.17, 15) is 0 Å². The Morgan fingerprint density at radius 2 is 2.00 bits per heavy atom. The van der Waals surface area contributed by atoms with Crippen LogP contribution in [-0.2, 0) is 4.74 Å². The normalized spacial score (nSPS) is 10.0. The Morgan fingerprint density at radius 1 is 1.14 bits per heavy atom. The Hall–Kier alpha value is -0.520. The second-order valence-corrected chi connectivity index (χ2v) is 3.38. The summed E-state index contributed by atoms with van der Waals surface area (Å²) in [5.74, 6) is 2.64. The van der Waals surface area contributed by atoms with Crippen LogP contribution in [0, 0.1) is 12.3 Å². The Balaban J connectivity index is 2.82. The van der Waals surface area contributed by atoms with Gasteiger partial charge in [-0.1, -0.05) is 13.3 Å². The lowest BCUT2D eigenvalue weighted by atomic mass is 10.2. The van der Waals surface area contributed by atoms with Crippen molar-refractivity contribution in [3.8, 4) is 12.3 Å². The number of nitrogens with one attached hydrogen (secondary N) is 1. The van der Waals surface area contributed by atoms with Gasteiger partial charge in [-0.25, -0.2) is 0 Å². The molecule has 0 aliphatic heterocycles. The maximum Gasteiger partial charge on any atom is 0.0590 e. The molecule has 82 valence electrons. The molecular weight excluding hydrogens is 174 g/mol. The molecule has 0 amide bonds. The number of unbranched alkanes of at least 4 members (excludes halogenated alkanes) is 3. The molecule has 0 saturated heterocycles. The van der Waals surface area contributed by atoms with Gasteiger partial charge in [-0.15, -0.1) is 12.3 Å². The maximum absolute atomic E-state index is 5.41. The van der Waals surface area contributed by atoms with E-state index in [1.807, 2.05) is 0 Å². The molecular formula is C12H23NO. The molecule has 0 aromatic rings. The van der Waals surface area contributed by atoms with Gasteiger partial charge in [0.25, 0.3) is 0 Å². The summed E-state index contributed by atoms with van der Waals surface area (Å²) in [7, 11) is 0. The van der Waals surface area contributed by atoms with E-state index in [1.54, 1.807) is 0 Å². The van der Waals surface area contributed by atoms with E-state index in [0.717, 1.165) is 39.1 Å². The summed E-state index contributed by atoms with van der Waals surface area (Å²) < 4.78 is 5.41. The van der Waals surface area contributed by atoms with Crippen molar-refractivity contribution in [2.75, 3.05) is 26.3 Å². The van der Waals surface area contributed by atoms with Crippen molar-refractivity contribution in [1.29, 1.82) is 0 Å². The van der Waals surface area contributed by atoms with Crippen LogP contribution in [0.4, 0.5) is 0 Å². The van der Waals surface area contributed by atoms with Crippen molar-refractivity contribution in [3.05, 3.63) is 0 Å². The maximum atomic E-state index is 5.41. The predicted molar refractivity (Wildman–Crippen MR) is 61.3 cm³/mol.